The maximum Gasteiger partial charge on any atom is 0.0594 e. The molecule has 5 nitrogen and oxygen atoms in total. The highest BCUT2D eigenvalue weighted by atomic mass is 16.5. The maximum absolute atomic E-state index is 5.10. The molecule has 36 heavy (non-hydrogen) atoms. The predicted octanol–water partition coefficient (Wildman–Crippen LogP) is 6.04. The minimum atomic E-state index is 0.872. The molecule has 0 spiro atoms. The van der Waals surface area contributed by atoms with Crippen molar-refractivity contribution in [2.75, 3.05) is 72.5 Å². The Balaban J connectivity index is 0.000000176. The third-order valence-electron chi connectivity index (χ3n) is 7.77. The summed E-state index contributed by atoms with van der Waals surface area (Å²) >= 11 is 0. The lowest BCUT2D eigenvalue weighted by Gasteiger charge is -2.30. The molecule has 208 valence electrons. The van der Waals surface area contributed by atoms with E-state index >= 15 is 0 Å². The SMILES string of the molecule is C1CCC(NC2CCCCC2)CC1.CN(C)c1ccccc1.CN1CCCCC1.CN1CCOCC1. The standard InChI is InChI=1S/C12H23N.C8H11N.C6H13N.C5H11NO/c1-3-7-11(8-4-1)13-12-9-5-2-6-10-12;1-9(2)8-6-4-3-5-7-8;1-7-5-3-2-4-6-7;1-6-2-4-7-5-3-6/h11-13H,1-10H2;3-7H,1-2H3;2-6H2,1H3;2-5H2,1H3. The van der Waals surface area contributed by atoms with E-state index in [1.807, 2.05) is 32.3 Å². The van der Waals surface area contributed by atoms with Gasteiger partial charge in [-0.2, -0.15) is 0 Å². The van der Waals surface area contributed by atoms with Crippen LogP contribution in [0.5, 0.6) is 0 Å². The van der Waals surface area contributed by atoms with Crippen molar-refractivity contribution in [2.24, 2.45) is 0 Å². The zero-order valence-corrected chi connectivity index (χ0v) is 24.2. The highest BCUT2D eigenvalue weighted by molar-refractivity contribution is 5.43. The zero-order valence-electron chi connectivity index (χ0n) is 24.2. The minimum absolute atomic E-state index is 0.872. The number of hydrogen-bond donors (Lipinski definition) is 1. The van der Waals surface area contributed by atoms with Crippen LogP contribution >= 0.6 is 0 Å². The van der Waals surface area contributed by atoms with Gasteiger partial charge in [0.2, 0.25) is 0 Å². The number of hydrogen-bond acceptors (Lipinski definition) is 5. The average Bonchev–Trinajstić information content (AvgIpc) is 2.92. The zero-order chi connectivity index (χ0) is 25.8. The van der Waals surface area contributed by atoms with E-state index < -0.39 is 0 Å². The first-order chi connectivity index (χ1) is 17.5. The molecule has 0 bridgehead atoms. The first kappa shape index (κ1) is 31.1. The van der Waals surface area contributed by atoms with Crippen LogP contribution in [0, 0.1) is 0 Å². The number of anilines is 1. The van der Waals surface area contributed by atoms with Gasteiger partial charge in [0.25, 0.3) is 0 Å². The summed E-state index contributed by atoms with van der Waals surface area (Å²) in [5.74, 6) is 0. The first-order valence-electron chi connectivity index (χ1n) is 15.0. The van der Waals surface area contributed by atoms with E-state index in [0.29, 0.717) is 0 Å². The topological polar surface area (TPSA) is 31.0 Å². The van der Waals surface area contributed by atoms with Gasteiger partial charge in [-0.25, -0.2) is 0 Å². The molecule has 5 rings (SSSR count). The highest BCUT2D eigenvalue weighted by Crippen LogP contribution is 2.22. The molecule has 2 saturated carbocycles. The van der Waals surface area contributed by atoms with Gasteiger partial charge in [0, 0.05) is 45.0 Å². The van der Waals surface area contributed by atoms with Crippen molar-refractivity contribution in [3.63, 3.8) is 0 Å². The fraction of sp³-hybridized carbons (Fsp3) is 0.806. The number of rotatable bonds is 3. The van der Waals surface area contributed by atoms with Crippen LogP contribution in [0.1, 0.15) is 83.5 Å². The maximum atomic E-state index is 5.10. The van der Waals surface area contributed by atoms with E-state index in [2.05, 4.69) is 46.2 Å². The van der Waals surface area contributed by atoms with Gasteiger partial charge in [-0.3, -0.25) is 0 Å². The van der Waals surface area contributed by atoms with Gasteiger partial charge in [0.1, 0.15) is 0 Å². The number of piperidine rings is 1. The number of likely N-dealkylation sites (N-methyl/N-ethyl adjacent to an activating group) is 1. The molecule has 0 aromatic heterocycles. The van der Waals surface area contributed by atoms with Crippen LogP contribution in [0.15, 0.2) is 30.3 Å². The number of para-hydroxylation sites is 1. The van der Waals surface area contributed by atoms with E-state index in [1.54, 1.807) is 0 Å². The summed E-state index contributed by atoms with van der Waals surface area (Å²) in [6, 6.07) is 12.0. The molecule has 5 heteroatoms. The average molecular weight is 503 g/mol. The molecular weight excluding hydrogens is 444 g/mol. The molecule has 0 amide bonds. The number of ether oxygens (including phenoxy) is 1. The van der Waals surface area contributed by atoms with Gasteiger partial charge >= 0.3 is 0 Å². The summed E-state index contributed by atoms with van der Waals surface area (Å²) in [7, 11) is 8.38. The molecule has 1 aromatic rings. The molecule has 2 aliphatic heterocycles. The molecule has 2 saturated heterocycles. The van der Waals surface area contributed by atoms with Crippen molar-refractivity contribution in [3.05, 3.63) is 30.3 Å². The summed E-state index contributed by atoms with van der Waals surface area (Å²) in [4.78, 5) is 6.74. The Morgan fingerprint density at radius 2 is 1.08 bits per heavy atom. The lowest BCUT2D eigenvalue weighted by molar-refractivity contribution is 0.0503. The Labute approximate surface area is 223 Å². The van der Waals surface area contributed by atoms with Crippen molar-refractivity contribution in [1.82, 2.24) is 15.1 Å². The van der Waals surface area contributed by atoms with Crippen molar-refractivity contribution < 1.29 is 4.74 Å². The second-order valence-electron chi connectivity index (χ2n) is 11.3. The number of benzene rings is 1. The van der Waals surface area contributed by atoms with E-state index in [1.165, 1.54) is 102 Å². The van der Waals surface area contributed by atoms with Crippen molar-refractivity contribution in [3.8, 4) is 0 Å². The van der Waals surface area contributed by atoms with E-state index in [9.17, 15) is 0 Å². The molecule has 2 heterocycles. The van der Waals surface area contributed by atoms with E-state index in [4.69, 9.17) is 4.74 Å². The molecular formula is C31H58N4O. The van der Waals surface area contributed by atoms with Gasteiger partial charge in [-0.1, -0.05) is 63.1 Å². The summed E-state index contributed by atoms with van der Waals surface area (Å²) in [5, 5.41) is 3.86. The van der Waals surface area contributed by atoms with Crippen molar-refractivity contribution in [2.45, 2.75) is 95.6 Å². The summed E-state index contributed by atoms with van der Waals surface area (Å²) in [6.45, 7) is 6.66. The van der Waals surface area contributed by atoms with E-state index in [-0.39, 0.29) is 0 Å². The smallest absolute Gasteiger partial charge is 0.0594 e. The van der Waals surface area contributed by atoms with Gasteiger partial charge in [0.15, 0.2) is 0 Å². The van der Waals surface area contributed by atoms with Crippen LogP contribution in [0.2, 0.25) is 0 Å². The Kier molecular flexibility index (Phi) is 17.2. The second-order valence-corrected chi connectivity index (χ2v) is 11.3. The largest absolute Gasteiger partial charge is 0.379 e. The molecule has 4 aliphatic rings. The van der Waals surface area contributed by atoms with Crippen LogP contribution < -0.4 is 10.2 Å². The first-order valence-corrected chi connectivity index (χ1v) is 15.0. The van der Waals surface area contributed by atoms with Gasteiger partial charge < -0.3 is 24.8 Å². The Bertz CT molecular complexity index is 570. The van der Waals surface area contributed by atoms with Gasteiger partial charge in [0.05, 0.1) is 13.2 Å². The molecule has 4 fully saturated rings. The Morgan fingerprint density at radius 3 is 1.42 bits per heavy atom. The Hall–Kier alpha value is -1.14. The fourth-order valence-corrected chi connectivity index (χ4v) is 5.30. The van der Waals surface area contributed by atoms with Crippen LogP contribution in [-0.4, -0.2) is 89.5 Å². The normalized spacial score (nSPS) is 22.1. The molecule has 0 unspecified atom stereocenters. The molecule has 1 aromatic carbocycles. The lowest BCUT2D eigenvalue weighted by atomic mass is 9.91. The quantitative estimate of drug-likeness (QED) is 0.544. The number of morpholine rings is 1. The summed E-state index contributed by atoms with van der Waals surface area (Å²) in [6.07, 6.45) is 18.8. The molecule has 0 radical (unpaired) electrons. The Morgan fingerprint density at radius 1 is 0.639 bits per heavy atom. The fourth-order valence-electron chi connectivity index (χ4n) is 5.30. The molecule has 2 aliphatic carbocycles. The monoisotopic (exact) mass is 502 g/mol. The molecule has 1 N–H and O–H groups in total. The lowest BCUT2D eigenvalue weighted by Crippen LogP contribution is -2.40. The highest BCUT2D eigenvalue weighted by Gasteiger charge is 2.19. The number of nitrogens with one attached hydrogen (secondary N) is 1. The van der Waals surface area contributed by atoms with Crippen LogP contribution in [0.25, 0.3) is 0 Å². The third kappa shape index (κ3) is 15.2. The number of likely N-dealkylation sites (tertiary alicyclic amines) is 1. The van der Waals surface area contributed by atoms with E-state index in [0.717, 1.165) is 38.4 Å². The van der Waals surface area contributed by atoms with Crippen molar-refractivity contribution in [1.29, 1.82) is 0 Å². The third-order valence-corrected chi connectivity index (χ3v) is 7.77. The molecule has 0 atom stereocenters. The van der Waals surface area contributed by atoms with Gasteiger partial charge in [-0.05, 0) is 77.8 Å². The number of nitrogens with zero attached hydrogens (tertiary/aromatic N) is 3. The van der Waals surface area contributed by atoms with Crippen LogP contribution in [0.4, 0.5) is 5.69 Å². The van der Waals surface area contributed by atoms with Crippen molar-refractivity contribution >= 4 is 5.69 Å². The van der Waals surface area contributed by atoms with Crippen LogP contribution in [0.3, 0.4) is 0 Å². The van der Waals surface area contributed by atoms with Gasteiger partial charge in [-0.15, -0.1) is 0 Å². The second kappa shape index (κ2) is 19.9. The predicted molar refractivity (Wildman–Crippen MR) is 157 cm³/mol. The van der Waals surface area contributed by atoms with Crippen LogP contribution in [-0.2, 0) is 4.74 Å². The minimum Gasteiger partial charge on any atom is -0.379 e. The summed E-state index contributed by atoms with van der Waals surface area (Å²) < 4.78 is 5.10. The summed E-state index contributed by atoms with van der Waals surface area (Å²) in [5.41, 5.74) is 1.25.